The third-order valence-electron chi connectivity index (χ3n) is 4.41. The van der Waals surface area contributed by atoms with Crippen LogP contribution in [0.1, 0.15) is 31.7 Å². The number of hydrogen-bond donors (Lipinski definition) is 1. The molecule has 1 aromatic heterocycles. The van der Waals surface area contributed by atoms with Crippen molar-refractivity contribution in [2.24, 2.45) is 0 Å². The van der Waals surface area contributed by atoms with Gasteiger partial charge in [0, 0.05) is 30.9 Å². The highest BCUT2D eigenvalue weighted by molar-refractivity contribution is 5.85. The van der Waals surface area contributed by atoms with Crippen molar-refractivity contribution in [2.75, 3.05) is 19.6 Å². The van der Waals surface area contributed by atoms with Crippen LogP contribution in [0.4, 0.5) is 0 Å². The molecule has 2 heterocycles. The molecule has 1 saturated heterocycles. The Labute approximate surface area is 120 Å². The molecule has 20 heavy (non-hydrogen) atoms. The van der Waals surface area contributed by atoms with Gasteiger partial charge in [0.2, 0.25) is 0 Å². The normalized spacial score (nSPS) is 19.3. The van der Waals surface area contributed by atoms with Crippen molar-refractivity contribution in [3.05, 3.63) is 42.2 Å². The number of benzene rings is 1. The fraction of sp³-hybridized carbons (Fsp3) is 0.471. The fourth-order valence-electron chi connectivity index (χ4n) is 3.25. The summed E-state index contributed by atoms with van der Waals surface area (Å²) in [6.07, 6.45) is 6.47. The molecule has 1 aliphatic heterocycles. The largest absolute Gasteiger partial charge is 0.385 e. The Kier molecular flexibility index (Phi) is 3.72. The summed E-state index contributed by atoms with van der Waals surface area (Å²) >= 11 is 0. The highest BCUT2D eigenvalue weighted by atomic mass is 16.3. The molecule has 106 valence electrons. The molecule has 3 heteroatoms. The molecule has 1 fully saturated rings. The second-order valence-electron chi connectivity index (χ2n) is 5.78. The van der Waals surface area contributed by atoms with E-state index in [1.165, 1.54) is 6.42 Å². The van der Waals surface area contributed by atoms with Crippen LogP contribution < -0.4 is 0 Å². The molecule has 0 unspecified atom stereocenters. The number of pyridine rings is 1. The average Bonchev–Trinajstić information content (AvgIpc) is 2.49. The van der Waals surface area contributed by atoms with Crippen LogP contribution in [0.15, 0.2) is 36.7 Å². The van der Waals surface area contributed by atoms with Gasteiger partial charge in [0.05, 0.1) is 5.60 Å². The number of aromatic nitrogens is 1. The second-order valence-corrected chi connectivity index (χ2v) is 5.78. The van der Waals surface area contributed by atoms with E-state index in [1.54, 1.807) is 6.20 Å². The van der Waals surface area contributed by atoms with Crippen molar-refractivity contribution < 1.29 is 5.11 Å². The summed E-state index contributed by atoms with van der Waals surface area (Å²) in [6.45, 7) is 5.28. The topological polar surface area (TPSA) is 36.4 Å². The Morgan fingerprint density at radius 2 is 2.05 bits per heavy atom. The minimum atomic E-state index is -0.702. The molecule has 1 aromatic carbocycles. The Morgan fingerprint density at radius 1 is 1.25 bits per heavy atom. The molecule has 1 N–H and O–H groups in total. The summed E-state index contributed by atoms with van der Waals surface area (Å²) in [6, 6.07) is 8.18. The number of rotatable bonds is 3. The lowest BCUT2D eigenvalue weighted by molar-refractivity contribution is -0.0246. The highest BCUT2D eigenvalue weighted by Crippen LogP contribution is 2.36. The molecule has 3 rings (SSSR count). The lowest BCUT2D eigenvalue weighted by Gasteiger charge is -2.39. The zero-order valence-electron chi connectivity index (χ0n) is 12.0. The van der Waals surface area contributed by atoms with Crippen molar-refractivity contribution in [1.29, 1.82) is 0 Å². The molecule has 0 spiro atoms. The van der Waals surface area contributed by atoms with Crippen molar-refractivity contribution in [2.45, 2.75) is 31.8 Å². The standard InChI is InChI=1S/C17H22N2O/c1-2-10-19-11-7-17(20,8-12-19)16-5-3-4-14-6-9-18-13-15(14)16/h3-6,9,13,20H,2,7-8,10-12H2,1H3. The molecule has 3 nitrogen and oxygen atoms in total. The van der Waals surface area contributed by atoms with Crippen molar-refractivity contribution >= 4 is 10.8 Å². The zero-order chi connectivity index (χ0) is 14.0. The van der Waals surface area contributed by atoms with Gasteiger partial charge in [-0.3, -0.25) is 4.98 Å². The van der Waals surface area contributed by atoms with E-state index >= 15 is 0 Å². The Morgan fingerprint density at radius 3 is 2.80 bits per heavy atom. The van der Waals surface area contributed by atoms with Gasteiger partial charge in [-0.25, -0.2) is 0 Å². The maximum absolute atomic E-state index is 11.1. The van der Waals surface area contributed by atoms with Crippen LogP contribution >= 0.6 is 0 Å². The molecular formula is C17H22N2O. The SMILES string of the molecule is CCCN1CCC(O)(c2cccc3ccncc23)CC1. The van der Waals surface area contributed by atoms with E-state index in [1.807, 2.05) is 18.3 Å². The van der Waals surface area contributed by atoms with Crippen molar-refractivity contribution in [3.8, 4) is 0 Å². The van der Waals surface area contributed by atoms with Crippen LogP contribution in [-0.4, -0.2) is 34.6 Å². The molecule has 0 amide bonds. The Bertz CT molecular complexity index is 583. The van der Waals surface area contributed by atoms with Gasteiger partial charge in [0.25, 0.3) is 0 Å². The van der Waals surface area contributed by atoms with Crippen LogP contribution in [-0.2, 0) is 5.60 Å². The minimum absolute atomic E-state index is 0.702. The van der Waals surface area contributed by atoms with Crippen LogP contribution in [0, 0.1) is 0 Å². The van der Waals surface area contributed by atoms with E-state index in [0.29, 0.717) is 0 Å². The molecule has 0 bridgehead atoms. The predicted molar refractivity (Wildman–Crippen MR) is 81.6 cm³/mol. The first-order valence-corrected chi connectivity index (χ1v) is 7.51. The van der Waals surface area contributed by atoms with E-state index in [2.05, 4.69) is 28.9 Å². The average molecular weight is 270 g/mol. The Balaban J connectivity index is 1.91. The molecule has 1 aliphatic rings. The molecule has 2 aromatic rings. The summed E-state index contributed by atoms with van der Waals surface area (Å²) in [5, 5.41) is 13.3. The minimum Gasteiger partial charge on any atom is -0.385 e. The smallest absolute Gasteiger partial charge is 0.0927 e. The maximum Gasteiger partial charge on any atom is 0.0927 e. The number of aliphatic hydroxyl groups is 1. The molecule has 0 atom stereocenters. The molecule has 0 aliphatic carbocycles. The first-order valence-electron chi connectivity index (χ1n) is 7.51. The van der Waals surface area contributed by atoms with Gasteiger partial charge in [-0.15, -0.1) is 0 Å². The summed E-state index contributed by atoms with van der Waals surface area (Å²) in [5.74, 6) is 0. The number of hydrogen-bond acceptors (Lipinski definition) is 3. The van der Waals surface area contributed by atoms with E-state index < -0.39 is 5.60 Å². The highest BCUT2D eigenvalue weighted by Gasteiger charge is 2.34. The van der Waals surface area contributed by atoms with Crippen LogP contribution in [0.5, 0.6) is 0 Å². The summed E-state index contributed by atoms with van der Waals surface area (Å²) < 4.78 is 0. The van der Waals surface area contributed by atoms with E-state index in [0.717, 1.165) is 48.8 Å². The lowest BCUT2D eigenvalue weighted by atomic mass is 9.82. The monoisotopic (exact) mass is 270 g/mol. The quantitative estimate of drug-likeness (QED) is 0.931. The summed E-state index contributed by atoms with van der Waals surface area (Å²) in [4.78, 5) is 6.66. The van der Waals surface area contributed by atoms with E-state index in [4.69, 9.17) is 0 Å². The van der Waals surface area contributed by atoms with Crippen LogP contribution in [0.25, 0.3) is 10.8 Å². The van der Waals surface area contributed by atoms with Crippen molar-refractivity contribution in [1.82, 2.24) is 9.88 Å². The Hall–Kier alpha value is -1.45. The fourth-order valence-corrected chi connectivity index (χ4v) is 3.25. The van der Waals surface area contributed by atoms with Gasteiger partial charge in [0.1, 0.15) is 0 Å². The van der Waals surface area contributed by atoms with Gasteiger partial charge in [0.15, 0.2) is 0 Å². The summed E-state index contributed by atoms with van der Waals surface area (Å²) in [7, 11) is 0. The molecular weight excluding hydrogens is 248 g/mol. The van der Waals surface area contributed by atoms with Crippen molar-refractivity contribution in [3.63, 3.8) is 0 Å². The number of nitrogens with zero attached hydrogens (tertiary/aromatic N) is 2. The lowest BCUT2D eigenvalue weighted by Crippen LogP contribution is -2.42. The molecule has 0 radical (unpaired) electrons. The van der Waals surface area contributed by atoms with Gasteiger partial charge in [-0.1, -0.05) is 25.1 Å². The van der Waals surface area contributed by atoms with Crippen LogP contribution in [0.3, 0.4) is 0 Å². The van der Waals surface area contributed by atoms with Gasteiger partial charge in [-0.05, 0) is 42.8 Å². The maximum atomic E-state index is 11.1. The predicted octanol–water partition coefficient (Wildman–Crippen LogP) is 2.93. The third kappa shape index (κ3) is 2.43. The first kappa shape index (κ1) is 13.5. The van der Waals surface area contributed by atoms with E-state index in [-0.39, 0.29) is 0 Å². The first-order chi connectivity index (χ1) is 9.73. The van der Waals surface area contributed by atoms with Crippen LogP contribution in [0.2, 0.25) is 0 Å². The van der Waals surface area contributed by atoms with Gasteiger partial charge < -0.3 is 10.0 Å². The molecule has 0 saturated carbocycles. The third-order valence-corrected chi connectivity index (χ3v) is 4.41. The van der Waals surface area contributed by atoms with Gasteiger partial charge >= 0.3 is 0 Å². The van der Waals surface area contributed by atoms with Gasteiger partial charge in [-0.2, -0.15) is 0 Å². The number of fused-ring (bicyclic) bond motifs is 1. The number of piperidine rings is 1. The zero-order valence-corrected chi connectivity index (χ0v) is 12.0. The van der Waals surface area contributed by atoms with E-state index in [9.17, 15) is 5.11 Å². The number of likely N-dealkylation sites (tertiary alicyclic amines) is 1. The second kappa shape index (κ2) is 5.51. The summed E-state index contributed by atoms with van der Waals surface area (Å²) in [5.41, 5.74) is 0.339.